The first kappa shape index (κ1) is 11.5. The van der Waals surface area contributed by atoms with E-state index in [0.717, 1.165) is 34.2 Å². The summed E-state index contributed by atoms with van der Waals surface area (Å²) in [5.74, 6) is 0.786. The lowest BCUT2D eigenvalue weighted by atomic mass is 10.1. The van der Waals surface area contributed by atoms with Crippen LogP contribution in [0, 0.1) is 0 Å². The Labute approximate surface area is 103 Å². The van der Waals surface area contributed by atoms with Crippen molar-refractivity contribution in [1.29, 1.82) is 0 Å². The lowest BCUT2D eigenvalue weighted by molar-refractivity contribution is 0.409. The van der Waals surface area contributed by atoms with Crippen LogP contribution in [-0.2, 0) is 6.42 Å². The summed E-state index contributed by atoms with van der Waals surface area (Å²) in [6, 6.07) is 3.97. The minimum atomic E-state index is 0.786. The quantitative estimate of drug-likeness (QED) is 0.937. The molecule has 3 nitrogen and oxygen atoms in total. The second kappa shape index (κ2) is 4.89. The molecule has 0 saturated heterocycles. The highest BCUT2D eigenvalue weighted by atomic mass is 79.9. The van der Waals surface area contributed by atoms with Gasteiger partial charge in [-0.25, -0.2) is 0 Å². The van der Waals surface area contributed by atoms with Gasteiger partial charge in [0.15, 0.2) is 11.3 Å². The molecule has 0 aliphatic heterocycles. The zero-order chi connectivity index (χ0) is 11.5. The lowest BCUT2D eigenvalue weighted by Gasteiger charge is -2.08. The average Bonchev–Trinajstić information content (AvgIpc) is 2.78. The summed E-state index contributed by atoms with van der Waals surface area (Å²) in [4.78, 5) is 0. The SMILES string of the molecule is CNCCc1cc(OC)c2occc2c1Br. The van der Waals surface area contributed by atoms with Gasteiger partial charge >= 0.3 is 0 Å². The van der Waals surface area contributed by atoms with Gasteiger partial charge in [0.25, 0.3) is 0 Å². The molecule has 16 heavy (non-hydrogen) atoms. The number of furan rings is 1. The number of benzene rings is 1. The summed E-state index contributed by atoms with van der Waals surface area (Å²) in [6.45, 7) is 0.936. The maximum Gasteiger partial charge on any atom is 0.176 e. The highest BCUT2D eigenvalue weighted by Gasteiger charge is 2.12. The second-order valence-electron chi connectivity index (χ2n) is 3.57. The van der Waals surface area contributed by atoms with Gasteiger partial charge in [-0.05, 0) is 53.6 Å². The van der Waals surface area contributed by atoms with Crippen LogP contribution in [-0.4, -0.2) is 20.7 Å². The molecule has 0 radical (unpaired) electrons. The molecule has 0 atom stereocenters. The number of likely N-dealkylation sites (N-methyl/N-ethyl adjacent to an activating group) is 1. The minimum absolute atomic E-state index is 0.786. The van der Waals surface area contributed by atoms with E-state index in [4.69, 9.17) is 9.15 Å². The summed E-state index contributed by atoms with van der Waals surface area (Å²) in [7, 11) is 3.61. The minimum Gasteiger partial charge on any atom is -0.493 e. The predicted molar refractivity (Wildman–Crippen MR) is 68.1 cm³/mol. The van der Waals surface area contributed by atoms with Crippen molar-refractivity contribution in [3.8, 4) is 5.75 Å². The molecule has 0 fully saturated rings. The van der Waals surface area contributed by atoms with Crippen LogP contribution in [0.4, 0.5) is 0 Å². The third-order valence-corrected chi connectivity index (χ3v) is 3.51. The Balaban J connectivity index is 2.52. The van der Waals surface area contributed by atoms with E-state index in [1.807, 2.05) is 19.2 Å². The molecule has 4 heteroatoms. The van der Waals surface area contributed by atoms with Crippen molar-refractivity contribution in [3.63, 3.8) is 0 Å². The van der Waals surface area contributed by atoms with Crippen LogP contribution < -0.4 is 10.1 Å². The van der Waals surface area contributed by atoms with Crippen LogP contribution in [0.3, 0.4) is 0 Å². The molecule has 1 aromatic heterocycles. The molecule has 0 unspecified atom stereocenters. The summed E-state index contributed by atoms with van der Waals surface area (Å²) >= 11 is 3.61. The molecule has 0 aliphatic carbocycles. The predicted octanol–water partition coefficient (Wildman–Crippen LogP) is 2.97. The normalized spacial score (nSPS) is 10.9. The summed E-state index contributed by atoms with van der Waals surface area (Å²) in [5, 5.41) is 4.20. The van der Waals surface area contributed by atoms with E-state index in [1.54, 1.807) is 13.4 Å². The fourth-order valence-corrected chi connectivity index (χ4v) is 2.35. The fraction of sp³-hybridized carbons (Fsp3) is 0.333. The van der Waals surface area contributed by atoms with Crippen LogP contribution in [0.1, 0.15) is 5.56 Å². The number of hydrogen-bond donors (Lipinski definition) is 1. The van der Waals surface area contributed by atoms with E-state index in [-0.39, 0.29) is 0 Å². The van der Waals surface area contributed by atoms with Crippen LogP contribution in [0.15, 0.2) is 27.3 Å². The first-order valence-corrected chi connectivity index (χ1v) is 5.94. The monoisotopic (exact) mass is 283 g/mol. The number of ether oxygens (including phenoxy) is 1. The maximum atomic E-state index is 5.41. The second-order valence-corrected chi connectivity index (χ2v) is 4.36. The van der Waals surface area contributed by atoms with Crippen molar-refractivity contribution >= 4 is 26.9 Å². The Hall–Kier alpha value is -1.00. The standard InChI is InChI=1S/C12H14BrNO2/c1-14-5-3-8-7-10(15-2)12-9(11(8)13)4-6-16-12/h4,6-7,14H,3,5H2,1-2H3. The van der Waals surface area contributed by atoms with Gasteiger partial charge in [-0.15, -0.1) is 0 Å². The Morgan fingerprint density at radius 1 is 1.50 bits per heavy atom. The number of halogens is 1. The first-order chi connectivity index (χ1) is 7.77. The Morgan fingerprint density at radius 2 is 2.31 bits per heavy atom. The van der Waals surface area contributed by atoms with E-state index in [9.17, 15) is 0 Å². The largest absolute Gasteiger partial charge is 0.493 e. The summed E-state index contributed by atoms with van der Waals surface area (Å²) in [5.41, 5.74) is 2.02. The molecule has 0 bridgehead atoms. The molecule has 0 saturated carbocycles. The number of methoxy groups -OCH3 is 1. The highest BCUT2D eigenvalue weighted by Crippen LogP contribution is 2.35. The van der Waals surface area contributed by atoms with Crippen LogP contribution in [0.25, 0.3) is 11.0 Å². The van der Waals surface area contributed by atoms with Gasteiger partial charge in [0.05, 0.1) is 13.4 Å². The zero-order valence-electron chi connectivity index (χ0n) is 9.34. The van der Waals surface area contributed by atoms with E-state index >= 15 is 0 Å². The van der Waals surface area contributed by atoms with Gasteiger partial charge in [-0.1, -0.05) is 0 Å². The van der Waals surface area contributed by atoms with Crippen molar-refractivity contribution < 1.29 is 9.15 Å². The molecule has 2 rings (SSSR count). The first-order valence-electron chi connectivity index (χ1n) is 5.15. The third kappa shape index (κ3) is 1.95. The molecule has 86 valence electrons. The molecule has 1 heterocycles. The van der Waals surface area contributed by atoms with Crippen LogP contribution >= 0.6 is 15.9 Å². The van der Waals surface area contributed by atoms with E-state index in [1.165, 1.54) is 5.56 Å². The van der Waals surface area contributed by atoms with E-state index < -0.39 is 0 Å². The average molecular weight is 284 g/mol. The van der Waals surface area contributed by atoms with Gasteiger partial charge < -0.3 is 14.5 Å². The summed E-state index contributed by atoms with van der Waals surface area (Å²) in [6.07, 6.45) is 2.63. The highest BCUT2D eigenvalue weighted by molar-refractivity contribution is 9.10. The molecule has 2 aromatic rings. The van der Waals surface area contributed by atoms with Crippen molar-refractivity contribution in [1.82, 2.24) is 5.32 Å². The topological polar surface area (TPSA) is 34.4 Å². The number of fused-ring (bicyclic) bond motifs is 1. The summed E-state index contributed by atoms with van der Waals surface area (Å²) < 4.78 is 11.8. The van der Waals surface area contributed by atoms with E-state index in [0.29, 0.717) is 0 Å². The number of hydrogen-bond acceptors (Lipinski definition) is 3. The van der Waals surface area contributed by atoms with Gasteiger partial charge in [-0.3, -0.25) is 0 Å². The van der Waals surface area contributed by atoms with Gasteiger partial charge in [0, 0.05) is 9.86 Å². The number of rotatable bonds is 4. The lowest BCUT2D eigenvalue weighted by Crippen LogP contribution is -2.10. The van der Waals surface area contributed by atoms with Crippen molar-refractivity contribution in [3.05, 3.63) is 28.4 Å². The van der Waals surface area contributed by atoms with Gasteiger partial charge in [-0.2, -0.15) is 0 Å². The molecule has 1 aromatic carbocycles. The van der Waals surface area contributed by atoms with Crippen molar-refractivity contribution in [2.75, 3.05) is 20.7 Å². The van der Waals surface area contributed by atoms with Crippen LogP contribution in [0.2, 0.25) is 0 Å². The molecular formula is C12H14BrNO2. The molecule has 0 spiro atoms. The maximum absolute atomic E-state index is 5.41. The molecule has 1 N–H and O–H groups in total. The molecular weight excluding hydrogens is 270 g/mol. The Morgan fingerprint density at radius 3 is 3.00 bits per heavy atom. The molecule has 0 aliphatic rings. The Bertz CT molecular complexity index is 493. The smallest absolute Gasteiger partial charge is 0.176 e. The van der Waals surface area contributed by atoms with E-state index in [2.05, 4.69) is 21.2 Å². The Kier molecular flexibility index (Phi) is 3.51. The fourth-order valence-electron chi connectivity index (χ4n) is 1.73. The van der Waals surface area contributed by atoms with Crippen molar-refractivity contribution in [2.24, 2.45) is 0 Å². The van der Waals surface area contributed by atoms with Gasteiger partial charge in [0.2, 0.25) is 0 Å². The zero-order valence-corrected chi connectivity index (χ0v) is 10.9. The van der Waals surface area contributed by atoms with Gasteiger partial charge in [0.1, 0.15) is 0 Å². The van der Waals surface area contributed by atoms with Crippen LogP contribution in [0.5, 0.6) is 5.75 Å². The number of nitrogens with one attached hydrogen (secondary N) is 1. The third-order valence-electron chi connectivity index (χ3n) is 2.58. The van der Waals surface area contributed by atoms with Crippen molar-refractivity contribution in [2.45, 2.75) is 6.42 Å². The molecule has 0 amide bonds.